The van der Waals surface area contributed by atoms with E-state index in [0.717, 1.165) is 10.4 Å². The number of thiophene rings is 1. The van der Waals surface area contributed by atoms with Gasteiger partial charge in [0.1, 0.15) is 5.82 Å². The quantitative estimate of drug-likeness (QED) is 0.710. The fraction of sp³-hybridized carbons (Fsp3) is 0.211. The van der Waals surface area contributed by atoms with Crippen molar-refractivity contribution in [2.75, 3.05) is 17.4 Å². The van der Waals surface area contributed by atoms with Gasteiger partial charge in [0.15, 0.2) is 17.3 Å². The van der Waals surface area contributed by atoms with Crippen LogP contribution in [0.3, 0.4) is 0 Å². The molecule has 0 fully saturated rings. The van der Waals surface area contributed by atoms with E-state index < -0.39 is 0 Å². The highest BCUT2D eigenvalue weighted by Gasteiger charge is 2.34. The summed E-state index contributed by atoms with van der Waals surface area (Å²) in [7, 11) is 1.74. The van der Waals surface area contributed by atoms with E-state index in [1.165, 1.54) is 0 Å². The summed E-state index contributed by atoms with van der Waals surface area (Å²) < 4.78 is 12.2. The summed E-state index contributed by atoms with van der Waals surface area (Å²) in [5.74, 6) is 1.69. The molecule has 0 saturated heterocycles. The monoisotopic (exact) mass is 396 g/mol. The minimum absolute atomic E-state index is 0.0671. The maximum absolute atomic E-state index is 12.8. The Morgan fingerprint density at radius 1 is 1.32 bits per heavy atom. The summed E-state index contributed by atoms with van der Waals surface area (Å²) >= 11 is 1.58. The van der Waals surface area contributed by atoms with E-state index in [9.17, 15) is 9.59 Å². The van der Waals surface area contributed by atoms with E-state index in [-0.39, 0.29) is 24.5 Å². The molecule has 2 aliphatic heterocycles. The molecule has 1 unspecified atom stereocenters. The van der Waals surface area contributed by atoms with Crippen molar-refractivity contribution in [2.24, 2.45) is 7.05 Å². The fourth-order valence-corrected chi connectivity index (χ4v) is 4.37. The normalized spacial score (nSPS) is 17.2. The number of hydrogen-bond donors (Lipinski definition) is 2. The highest BCUT2D eigenvalue weighted by Crippen LogP contribution is 2.43. The number of benzene rings is 1. The Morgan fingerprint density at radius 3 is 3.00 bits per heavy atom. The number of aromatic nitrogens is 2. The van der Waals surface area contributed by atoms with Crippen molar-refractivity contribution in [2.45, 2.75) is 12.3 Å². The van der Waals surface area contributed by atoms with Crippen molar-refractivity contribution in [3.05, 3.63) is 51.7 Å². The molecule has 2 N–H and O–H groups in total. The molecule has 8 nitrogen and oxygen atoms in total. The molecule has 0 bridgehead atoms. The first-order chi connectivity index (χ1) is 13.6. The van der Waals surface area contributed by atoms with Crippen molar-refractivity contribution >= 4 is 34.8 Å². The number of aryl methyl sites for hydroxylation is 1. The largest absolute Gasteiger partial charge is 0.454 e. The van der Waals surface area contributed by atoms with E-state index in [4.69, 9.17) is 9.47 Å². The van der Waals surface area contributed by atoms with Gasteiger partial charge in [0.25, 0.3) is 5.91 Å². The number of amides is 2. The first-order valence-corrected chi connectivity index (χ1v) is 9.59. The summed E-state index contributed by atoms with van der Waals surface area (Å²) in [5.41, 5.74) is 1.26. The number of anilines is 2. The average molecular weight is 396 g/mol. The van der Waals surface area contributed by atoms with Gasteiger partial charge in [0.2, 0.25) is 12.7 Å². The summed E-state index contributed by atoms with van der Waals surface area (Å²) in [6, 6.07) is 8.98. The van der Waals surface area contributed by atoms with Gasteiger partial charge in [-0.15, -0.1) is 11.3 Å². The maximum Gasteiger partial charge on any atom is 0.257 e. The number of rotatable bonds is 3. The summed E-state index contributed by atoms with van der Waals surface area (Å²) in [4.78, 5) is 26.1. The molecule has 0 radical (unpaired) electrons. The molecule has 2 aromatic heterocycles. The molecule has 5 rings (SSSR count). The molecule has 0 aliphatic carbocycles. The SMILES string of the molecule is Cn1nc(NC(=O)c2ccc3c(c2)OCO3)c2c1NC(=O)CC2c1cccs1. The Hall–Kier alpha value is -3.33. The molecule has 4 heterocycles. The van der Waals surface area contributed by atoms with Crippen LogP contribution in [0.2, 0.25) is 0 Å². The number of carbonyl (C=O) groups excluding carboxylic acids is 2. The van der Waals surface area contributed by atoms with Gasteiger partial charge in [-0.25, -0.2) is 0 Å². The number of nitrogens with zero attached hydrogens (tertiary/aromatic N) is 2. The molecule has 28 heavy (non-hydrogen) atoms. The minimum Gasteiger partial charge on any atom is -0.454 e. The number of nitrogens with one attached hydrogen (secondary N) is 2. The molecule has 2 aliphatic rings. The van der Waals surface area contributed by atoms with Crippen LogP contribution < -0.4 is 20.1 Å². The Kier molecular flexibility index (Phi) is 3.83. The van der Waals surface area contributed by atoms with Gasteiger partial charge >= 0.3 is 0 Å². The van der Waals surface area contributed by atoms with E-state index >= 15 is 0 Å². The second-order valence-corrected chi connectivity index (χ2v) is 7.56. The standard InChI is InChI=1S/C19H16N4O4S/c1-23-18-16(11(8-15(24)20-18)14-3-2-6-28-14)17(22-23)21-19(25)10-4-5-12-13(7-10)27-9-26-12/h2-7,11H,8-9H2,1H3,(H,20,24)(H,21,22,25). The van der Waals surface area contributed by atoms with E-state index in [1.54, 1.807) is 41.3 Å². The topological polar surface area (TPSA) is 94.5 Å². The van der Waals surface area contributed by atoms with Crippen molar-refractivity contribution in [3.63, 3.8) is 0 Å². The van der Waals surface area contributed by atoms with Crippen LogP contribution in [0, 0.1) is 0 Å². The Labute approximate surface area is 164 Å². The predicted molar refractivity (Wildman–Crippen MR) is 103 cm³/mol. The summed E-state index contributed by atoms with van der Waals surface area (Å²) in [6.07, 6.45) is 0.312. The van der Waals surface area contributed by atoms with Crippen LogP contribution in [0.25, 0.3) is 0 Å². The highest BCUT2D eigenvalue weighted by atomic mass is 32.1. The Balaban J connectivity index is 1.50. The van der Waals surface area contributed by atoms with Gasteiger partial charge in [0.05, 0.1) is 0 Å². The predicted octanol–water partition coefficient (Wildman–Crippen LogP) is 2.94. The lowest BCUT2D eigenvalue weighted by atomic mass is 9.92. The minimum atomic E-state index is -0.305. The van der Waals surface area contributed by atoms with Crippen LogP contribution in [-0.2, 0) is 11.8 Å². The second-order valence-electron chi connectivity index (χ2n) is 6.58. The number of carbonyl (C=O) groups is 2. The van der Waals surface area contributed by atoms with E-state index in [0.29, 0.717) is 35.1 Å². The summed E-state index contributed by atoms with van der Waals surface area (Å²) in [6.45, 7) is 0.149. The third-order valence-corrected chi connectivity index (χ3v) is 5.82. The molecule has 142 valence electrons. The van der Waals surface area contributed by atoms with E-state index in [2.05, 4.69) is 15.7 Å². The molecular formula is C19H16N4O4S. The summed E-state index contributed by atoms with van der Waals surface area (Å²) in [5, 5.41) is 12.2. The lowest BCUT2D eigenvalue weighted by Crippen LogP contribution is -2.24. The van der Waals surface area contributed by atoms with Crippen molar-refractivity contribution in [1.82, 2.24) is 9.78 Å². The van der Waals surface area contributed by atoms with Gasteiger partial charge < -0.3 is 20.1 Å². The zero-order chi connectivity index (χ0) is 19.3. The lowest BCUT2D eigenvalue weighted by Gasteiger charge is -2.23. The first kappa shape index (κ1) is 16.8. The lowest BCUT2D eigenvalue weighted by molar-refractivity contribution is -0.116. The Morgan fingerprint density at radius 2 is 2.18 bits per heavy atom. The molecule has 9 heteroatoms. The highest BCUT2D eigenvalue weighted by molar-refractivity contribution is 7.10. The van der Waals surface area contributed by atoms with Crippen LogP contribution in [-0.4, -0.2) is 28.4 Å². The van der Waals surface area contributed by atoms with Gasteiger partial charge in [0, 0.05) is 35.4 Å². The Bertz CT molecular complexity index is 1090. The maximum atomic E-state index is 12.8. The van der Waals surface area contributed by atoms with Crippen molar-refractivity contribution in [3.8, 4) is 11.5 Å². The molecule has 0 saturated carbocycles. The van der Waals surface area contributed by atoms with Gasteiger partial charge in [-0.05, 0) is 29.6 Å². The number of fused-ring (bicyclic) bond motifs is 2. The fourth-order valence-electron chi connectivity index (χ4n) is 3.53. The average Bonchev–Trinajstić information content (AvgIpc) is 3.42. The molecule has 1 aromatic carbocycles. The molecule has 3 aromatic rings. The van der Waals surface area contributed by atoms with Crippen LogP contribution >= 0.6 is 11.3 Å². The molecule has 1 atom stereocenters. The second kappa shape index (κ2) is 6.38. The smallest absolute Gasteiger partial charge is 0.257 e. The molecule has 2 amide bonds. The zero-order valence-corrected chi connectivity index (χ0v) is 15.7. The van der Waals surface area contributed by atoms with E-state index in [1.807, 2.05) is 17.5 Å². The first-order valence-electron chi connectivity index (χ1n) is 8.71. The van der Waals surface area contributed by atoms with Crippen LogP contribution in [0.1, 0.15) is 33.1 Å². The van der Waals surface area contributed by atoms with Crippen LogP contribution in [0.5, 0.6) is 11.5 Å². The zero-order valence-electron chi connectivity index (χ0n) is 14.9. The number of hydrogen-bond acceptors (Lipinski definition) is 6. The van der Waals surface area contributed by atoms with Gasteiger partial charge in [-0.2, -0.15) is 5.10 Å². The molecule has 0 spiro atoms. The third kappa shape index (κ3) is 2.71. The van der Waals surface area contributed by atoms with Crippen molar-refractivity contribution < 1.29 is 19.1 Å². The van der Waals surface area contributed by atoms with Crippen LogP contribution in [0.4, 0.5) is 11.6 Å². The van der Waals surface area contributed by atoms with Crippen LogP contribution in [0.15, 0.2) is 35.7 Å². The third-order valence-electron chi connectivity index (χ3n) is 4.83. The number of ether oxygens (including phenoxy) is 2. The van der Waals surface area contributed by atoms with Gasteiger partial charge in [-0.3, -0.25) is 14.3 Å². The van der Waals surface area contributed by atoms with Crippen molar-refractivity contribution in [1.29, 1.82) is 0 Å². The molecular weight excluding hydrogens is 380 g/mol. The van der Waals surface area contributed by atoms with Gasteiger partial charge in [-0.1, -0.05) is 6.07 Å².